The zero-order valence-electron chi connectivity index (χ0n) is 14.4. The molecule has 0 saturated heterocycles. The Bertz CT molecular complexity index is 910. The van der Waals surface area contributed by atoms with E-state index in [0.717, 1.165) is 28.3 Å². The van der Waals surface area contributed by atoms with Crippen molar-refractivity contribution in [1.29, 1.82) is 0 Å². The second-order valence-electron chi connectivity index (χ2n) is 5.81. The highest BCUT2D eigenvalue weighted by Crippen LogP contribution is 2.30. The molecule has 134 valence electrons. The first-order valence-corrected chi connectivity index (χ1v) is 9.25. The van der Waals surface area contributed by atoms with Gasteiger partial charge in [-0.05, 0) is 48.7 Å². The van der Waals surface area contributed by atoms with Crippen LogP contribution in [0.25, 0.3) is 0 Å². The molecule has 0 amide bonds. The van der Waals surface area contributed by atoms with E-state index in [4.69, 9.17) is 5.73 Å². The maximum atomic E-state index is 12.9. The lowest BCUT2D eigenvalue weighted by atomic mass is 10.0. The van der Waals surface area contributed by atoms with Gasteiger partial charge >= 0.3 is 0 Å². The highest BCUT2D eigenvalue weighted by atomic mass is 32.2. The molecule has 0 unspecified atom stereocenters. The number of benzene rings is 2. The number of sulfonamides is 1. The summed E-state index contributed by atoms with van der Waals surface area (Å²) in [5.74, 6) is 0. The lowest BCUT2D eigenvalue weighted by Gasteiger charge is -2.20. The third kappa shape index (κ3) is 3.74. The van der Waals surface area contributed by atoms with E-state index in [1.807, 2.05) is 13.8 Å². The minimum Gasteiger partial charge on any atom is -0.393 e. The number of aryl methyl sites for hydroxylation is 2. The fraction of sp³-hybridized carbons (Fsp3) is 0.294. The molecular weight excluding hydrogens is 342 g/mol. The van der Waals surface area contributed by atoms with Gasteiger partial charge in [0.15, 0.2) is 0 Å². The standard InChI is InChI=1S/C17H21N3O4S/c1-4-5-13-10-15(8-6-12(13)2)25(23,24)19(3)14-7-9-17(20(21)22)16(18)11-14/h6-11H,4-5,18H2,1-3H3. The van der Waals surface area contributed by atoms with Gasteiger partial charge in [-0.1, -0.05) is 19.4 Å². The molecule has 0 aliphatic heterocycles. The second-order valence-corrected chi connectivity index (χ2v) is 7.78. The number of rotatable bonds is 6. The van der Waals surface area contributed by atoms with Crippen LogP contribution in [0.2, 0.25) is 0 Å². The molecule has 2 rings (SSSR count). The van der Waals surface area contributed by atoms with Crippen molar-refractivity contribution in [2.75, 3.05) is 17.1 Å². The van der Waals surface area contributed by atoms with Gasteiger partial charge in [0.1, 0.15) is 5.69 Å². The number of nitrogen functional groups attached to an aromatic ring is 1. The van der Waals surface area contributed by atoms with Crippen LogP contribution in [0.4, 0.5) is 17.1 Å². The molecule has 0 radical (unpaired) electrons. The maximum Gasteiger partial charge on any atom is 0.292 e. The molecule has 0 atom stereocenters. The Morgan fingerprint density at radius 3 is 2.44 bits per heavy atom. The molecule has 8 heteroatoms. The third-order valence-corrected chi connectivity index (χ3v) is 5.85. The van der Waals surface area contributed by atoms with E-state index < -0.39 is 14.9 Å². The van der Waals surface area contributed by atoms with Gasteiger partial charge in [-0.2, -0.15) is 0 Å². The van der Waals surface area contributed by atoms with Gasteiger partial charge in [-0.15, -0.1) is 0 Å². The van der Waals surface area contributed by atoms with Crippen LogP contribution in [-0.2, 0) is 16.4 Å². The summed E-state index contributed by atoms with van der Waals surface area (Å²) in [4.78, 5) is 10.4. The molecule has 25 heavy (non-hydrogen) atoms. The highest BCUT2D eigenvalue weighted by Gasteiger charge is 2.23. The summed E-state index contributed by atoms with van der Waals surface area (Å²) >= 11 is 0. The predicted octanol–water partition coefficient (Wildman–Crippen LogP) is 3.26. The Balaban J connectivity index is 2.44. The third-order valence-electron chi connectivity index (χ3n) is 4.07. The number of nitro benzene ring substituents is 1. The smallest absolute Gasteiger partial charge is 0.292 e. The first-order valence-electron chi connectivity index (χ1n) is 7.81. The summed E-state index contributed by atoms with van der Waals surface area (Å²) in [6.07, 6.45) is 1.71. The van der Waals surface area contributed by atoms with Gasteiger partial charge in [-0.25, -0.2) is 8.42 Å². The van der Waals surface area contributed by atoms with Crippen molar-refractivity contribution in [3.8, 4) is 0 Å². The molecule has 2 aromatic carbocycles. The van der Waals surface area contributed by atoms with Crippen molar-refractivity contribution in [3.05, 3.63) is 57.6 Å². The van der Waals surface area contributed by atoms with Crippen molar-refractivity contribution in [1.82, 2.24) is 0 Å². The van der Waals surface area contributed by atoms with Crippen molar-refractivity contribution in [2.45, 2.75) is 31.6 Å². The molecule has 0 bridgehead atoms. The van der Waals surface area contributed by atoms with Crippen molar-refractivity contribution >= 4 is 27.1 Å². The molecule has 0 saturated carbocycles. The normalized spacial score (nSPS) is 11.3. The lowest BCUT2D eigenvalue weighted by Crippen LogP contribution is -2.26. The van der Waals surface area contributed by atoms with Crippen LogP contribution in [0.3, 0.4) is 0 Å². The zero-order chi connectivity index (χ0) is 18.8. The van der Waals surface area contributed by atoms with Gasteiger partial charge in [0, 0.05) is 13.1 Å². The van der Waals surface area contributed by atoms with E-state index in [-0.39, 0.29) is 22.0 Å². The summed E-state index contributed by atoms with van der Waals surface area (Å²) < 4.78 is 26.8. The number of nitrogens with zero attached hydrogens (tertiary/aromatic N) is 2. The summed E-state index contributed by atoms with van der Waals surface area (Å²) in [7, 11) is -2.39. The Morgan fingerprint density at radius 1 is 1.20 bits per heavy atom. The van der Waals surface area contributed by atoms with E-state index in [0.29, 0.717) is 0 Å². The molecule has 0 heterocycles. The molecule has 2 aromatic rings. The summed E-state index contributed by atoms with van der Waals surface area (Å²) in [6, 6.07) is 8.89. The van der Waals surface area contributed by atoms with Crippen LogP contribution in [-0.4, -0.2) is 20.4 Å². The number of anilines is 2. The van der Waals surface area contributed by atoms with Crippen LogP contribution < -0.4 is 10.0 Å². The van der Waals surface area contributed by atoms with Gasteiger partial charge in [0.25, 0.3) is 15.7 Å². The first kappa shape index (κ1) is 18.7. The van der Waals surface area contributed by atoms with E-state index in [9.17, 15) is 18.5 Å². The Morgan fingerprint density at radius 2 is 1.88 bits per heavy atom. The van der Waals surface area contributed by atoms with Crippen LogP contribution in [0.1, 0.15) is 24.5 Å². The molecule has 7 nitrogen and oxygen atoms in total. The van der Waals surface area contributed by atoms with E-state index in [1.165, 1.54) is 25.2 Å². The highest BCUT2D eigenvalue weighted by molar-refractivity contribution is 7.92. The van der Waals surface area contributed by atoms with E-state index in [1.54, 1.807) is 18.2 Å². The van der Waals surface area contributed by atoms with Gasteiger partial charge in [0.05, 0.1) is 15.5 Å². The van der Waals surface area contributed by atoms with E-state index in [2.05, 4.69) is 0 Å². The Kier molecular flexibility index (Phi) is 5.32. The SMILES string of the molecule is CCCc1cc(S(=O)(=O)N(C)c2ccc([N+](=O)[O-])c(N)c2)ccc1C. The van der Waals surface area contributed by atoms with E-state index >= 15 is 0 Å². The van der Waals surface area contributed by atoms with Crippen molar-refractivity contribution in [3.63, 3.8) is 0 Å². The van der Waals surface area contributed by atoms with Crippen LogP contribution in [0, 0.1) is 17.0 Å². The van der Waals surface area contributed by atoms with Crippen molar-refractivity contribution in [2.24, 2.45) is 0 Å². The number of nitrogens with two attached hydrogens (primary N) is 1. The van der Waals surface area contributed by atoms with Gasteiger partial charge in [0.2, 0.25) is 0 Å². The average Bonchev–Trinajstić information content (AvgIpc) is 2.55. The minimum atomic E-state index is -3.79. The summed E-state index contributed by atoms with van der Waals surface area (Å²) in [6.45, 7) is 3.98. The predicted molar refractivity (Wildman–Crippen MR) is 98.3 cm³/mol. The van der Waals surface area contributed by atoms with Crippen LogP contribution in [0.5, 0.6) is 0 Å². The Hall–Kier alpha value is -2.61. The fourth-order valence-corrected chi connectivity index (χ4v) is 3.79. The molecule has 0 aliphatic rings. The lowest BCUT2D eigenvalue weighted by molar-refractivity contribution is -0.383. The first-order chi connectivity index (χ1) is 11.7. The second kappa shape index (κ2) is 7.10. The maximum absolute atomic E-state index is 12.9. The fourth-order valence-electron chi connectivity index (χ4n) is 2.55. The molecule has 0 aliphatic carbocycles. The summed E-state index contributed by atoms with van der Waals surface area (Å²) in [5.41, 5.74) is 7.62. The number of hydrogen-bond donors (Lipinski definition) is 1. The number of nitro groups is 1. The molecule has 0 aromatic heterocycles. The minimum absolute atomic E-state index is 0.0832. The number of hydrogen-bond acceptors (Lipinski definition) is 5. The van der Waals surface area contributed by atoms with Crippen LogP contribution in [0.15, 0.2) is 41.3 Å². The Labute approximate surface area is 147 Å². The largest absolute Gasteiger partial charge is 0.393 e. The zero-order valence-corrected chi connectivity index (χ0v) is 15.2. The quantitative estimate of drug-likeness (QED) is 0.481. The van der Waals surface area contributed by atoms with Crippen molar-refractivity contribution < 1.29 is 13.3 Å². The molecular formula is C17H21N3O4S. The summed E-state index contributed by atoms with van der Waals surface area (Å²) in [5, 5.41) is 10.8. The van der Waals surface area contributed by atoms with Gasteiger partial charge < -0.3 is 5.73 Å². The van der Waals surface area contributed by atoms with Crippen LogP contribution >= 0.6 is 0 Å². The monoisotopic (exact) mass is 363 g/mol. The molecule has 0 fully saturated rings. The topological polar surface area (TPSA) is 107 Å². The molecule has 2 N–H and O–H groups in total. The molecule has 0 spiro atoms. The average molecular weight is 363 g/mol. The van der Waals surface area contributed by atoms with Gasteiger partial charge in [-0.3, -0.25) is 14.4 Å².